The molecule has 0 radical (unpaired) electrons. The maximum Gasteiger partial charge on any atom is 0.250 e. The standard InChI is InChI=1S/C18H16BrNO3/c1-22-16-5-2-12(3-6-16)10-20-18(21)14-8-13-9-15(19)4-7-17(13)23-11-14/h2-9H,10-11H2,1H3,(H,20,21). The highest BCUT2D eigenvalue weighted by Gasteiger charge is 2.17. The summed E-state index contributed by atoms with van der Waals surface area (Å²) in [5.74, 6) is 1.47. The van der Waals surface area contributed by atoms with Gasteiger partial charge in [0.25, 0.3) is 5.91 Å². The second-order valence-electron chi connectivity index (χ2n) is 5.17. The van der Waals surface area contributed by atoms with E-state index >= 15 is 0 Å². The smallest absolute Gasteiger partial charge is 0.250 e. The van der Waals surface area contributed by atoms with Gasteiger partial charge in [-0.1, -0.05) is 28.1 Å². The van der Waals surface area contributed by atoms with E-state index in [-0.39, 0.29) is 12.5 Å². The van der Waals surface area contributed by atoms with Gasteiger partial charge >= 0.3 is 0 Å². The van der Waals surface area contributed by atoms with Crippen molar-refractivity contribution in [3.8, 4) is 11.5 Å². The van der Waals surface area contributed by atoms with Crippen molar-refractivity contribution < 1.29 is 14.3 Å². The van der Waals surface area contributed by atoms with E-state index in [9.17, 15) is 4.79 Å². The third-order valence-corrected chi connectivity index (χ3v) is 4.08. The lowest BCUT2D eigenvalue weighted by Crippen LogP contribution is -2.28. The van der Waals surface area contributed by atoms with Gasteiger partial charge in [-0.3, -0.25) is 4.79 Å². The Kier molecular flexibility index (Phi) is 4.67. The maximum atomic E-state index is 12.3. The van der Waals surface area contributed by atoms with Crippen LogP contribution in [0.2, 0.25) is 0 Å². The van der Waals surface area contributed by atoms with Crippen LogP contribution in [0.1, 0.15) is 11.1 Å². The number of halogens is 1. The van der Waals surface area contributed by atoms with E-state index in [0.29, 0.717) is 12.1 Å². The Bertz CT molecular complexity index is 753. The molecule has 4 nitrogen and oxygen atoms in total. The molecule has 1 amide bonds. The fourth-order valence-electron chi connectivity index (χ4n) is 2.32. The predicted molar refractivity (Wildman–Crippen MR) is 92.5 cm³/mol. The molecule has 1 heterocycles. The average Bonchev–Trinajstić information content (AvgIpc) is 2.59. The van der Waals surface area contributed by atoms with E-state index in [4.69, 9.17) is 9.47 Å². The number of ether oxygens (including phenoxy) is 2. The largest absolute Gasteiger partial charge is 0.497 e. The first-order valence-electron chi connectivity index (χ1n) is 7.20. The van der Waals surface area contributed by atoms with Crippen LogP contribution in [-0.2, 0) is 11.3 Å². The number of nitrogens with one attached hydrogen (secondary N) is 1. The van der Waals surface area contributed by atoms with E-state index in [1.54, 1.807) is 7.11 Å². The summed E-state index contributed by atoms with van der Waals surface area (Å²) < 4.78 is 11.7. The lowest BCUT2D eigenvalue weighted by Gasteiger charge is -2.18. The predicted octanol–water partition coefficient (Wildman–Crippen LogP) is 3.55. The zero-order chi connectivity index (χ0) is 16.2. The monoisotopic (exact) mass is 373 g/mol. The third-order valence-electron chi connectivity index (χ3n) is 3.59. The van der Waals surface area contributed by atoms with Crippen LogP contribution in [0.25, 0.3) is 6.08 Å². The Morgan fingerprint density at radius 2 is 2.04 bits per heavy atom. The van der Waals surface area contributed by atoms with Gasteiger partial charge < -0.3 is 14.8 Å². The first kappa shape index (κ1) is 15.6. The Labute approximate surface area is 143 Å². The minimum absolute atomic E-state index is 0.119. The van der Waals surface area contributed by atoms with Crippen molar-refractivity contribution in [2.45, 2.75) is 6.54 Å². The summed E-state index contributed by atoms with van der Waals surface area (Å²) in [7, 11) is 1.63. The fourth-order valence-corrected chi connectivity index (χ4v) is 2.70. The lowest BCUT2D eigenvalue weighted by molar-refractivity contribution is -0.117. The van der Waals surface area contributed by atoms with Crippen LogP contribution in [-0.4, -0.2) is 19.6 Å². The van der Waals surface area contributed by atoms with Crippen LogP contribution in [0.15, 0.2) is 52.5 Å². The number of amides is 1. The molecule has 1 aliphatic rings. The van der Waals surface area contributed by atoms with Crippen LogP contribution in [0.4, 0.5) is 0 Å². The summed E-state index contributed by atoms with van der Waals surface area (Å²) >= 11 is 3.42. The zero-order valence-corrected chi connectivity index (χ0v) is 14.2. The van der Waals surface area contributed by atoms with Crippen molar-refractivity contribution in [1.29, 1.82) is 0 Å². The van der Waals surface area contributed by atoms with Gasteiger partial charge in [0.2, 0.25) is 0 Å². The van der Waals surface area contributed by atoms with Gasteiger partial charge in [-0.2, -0.15) is 0 Å². The normalized spacial score (nSPS) is 12.7. The van der Waals surface area contributed by atoms with Crippen LogP contribution in [0, 0.1) is 0 Å². The Morgan fingerprint density at radius 1 is 1.26 bits per heavy atom. The summed E-state index contributed by atoms with van der Waals surface area (Å²) in [6.45, 7) is 0.745. The molecule has 2 aromatic carbocycles. The van der Waals surface area contributed by atoms with Gasteiger partial charge in [0, 0.05) is 16.6 Å². The van der Waals surface area contributed by atoms with E-state index in [0.717, 1.165) is 27.1 Å². The first-order valence-corrected chi connectivity index (χ1v) is 7.99. The molecule has 0 bridgehead atoms. The molecule has 0 saturated heterocycles. The number of benzene rings is 2. The molecule has 0 atom stereocenters. The first-order chi connectivity index (χ1) is 11.2. The van der Waals surface area contributed by atoms with Gasteiger partial charge in [-0.15, -0.1) is 0 Å². The van der Waals surface area contributed by atoms with Gasteiger partial charge in [-0.25, -0.2) is 0 Å². The number of carbonyl (C=O) groups excluding carboxylic acids is 1. The van der Waals surface area contributed by atoms with Crippen molar-refractivity contribution in [1.82, 2.24) is 5.32 Å². The summed E-state index contributed by atoms with van der Waals surface area (Å²) in [5, 5.41) is 2.91. The minimum atomic E-state index is -0.119. The number of hydrogen-bond acceptors (Lipinski definition) is 3. The Balaban J connectivity index is 1.66. The Hall–Kier alpha value is -2.27. The summed E-state index contributed by atoms with van der Waals surface area (Å²) in [6, 6.07) is 13.3. The molecule has 5 heteroatoms. The van der Waals surface area contributed by atoms with Crippen molar-refractivity contribution in [3.05, 3.63) is 63.6 Å². The number of carbonyl (C=O) groups is 1. The molecule has 0 fully saturated rings. The highest BCUT2D eigenvalue weighted by atomic mass is 79.9. The van der Waals surface area contributed by atoms with Crippen LogP contribution < -0.4 is 14.8 Å². The van der Waals surface area contributed by atoms with E-state index in [1.807, 2.05) is 48.5 Å². The van der Waals surface area contributed by atoms with Crippen LogP contribution in [0.5, 0.6) is 11.5 Å². The quantitative estimate of drug-likeness (QED) is 0.891. The highest BCUT2D eigenvalue weighted by molar-refractivity contribution is 9.10. The summed E-state index contributed by atoms with van der Waals surface area (Å²) in [5.41, 5.74) is 2.53. The molecule has 118 valence electrons. The summed E-state index contributed by atoms with van der Waals surface area (Å²) in [4.78, 5) is 12.3. The molecule has 1 N–H and O–H groups in total. The van der Waals surface area contributed by atoms with Crippen molar-refractivity contribution in [3.63, 3.8) is 0 Å². The highest BCUT2D eigenvalue weighted by Crippen LogP contribution is 2.29. The van der Waals surface area contributed by atoms with Gasteiger partial charge in [0.1, 0.15) is 18.1 Å². The molecule has 0 aliphatic carbocycles. The van der Waals surface area contributed by atoms with Crippen LogP contribution in [0.3, 0.4) is 0 Å². The number of methoxy groups -OCH3 is 1. The number of rotatable bonds is 4. The van der Waals surface area contributed by atoms with Crippen LogP contribution >= 0.6 is 15.9 Å². The molecule has 0 saturated carbocycles. The number of hydrogen-bond donors (Lipinski definition) is 1. The number of fused-ring (bicyclic) bond motifs is 1. The minimum Gasteiger partial charge on any atom is -0.497 e. The Morgan fingerprint density at radius 3 is 2.78 bits per heavy atom. The topological polar surface area (TPSA) is 47.6 Å². The SMILES string of the molecule is COc1ccc(CNC(=O)C2=Cc3cc(Br)ccc3OC2)cc1. The molecule has 0 spiro atoms. The second-order valence-corrected chi connectivity index (χ2v) is 6.09. The molecule has 1 aliphatic heterocycles. The molecule has 3 rings (SSSR count). The third kappa shape index (κ3) is 3.74. The molecule has 0 unspecified atom stereocenters. The van der Waals surface area contributed by atoms with Crippen molar-refractivity contribution >= 4 is 27.9 Å². The molecule has 0 aromatic heterocycles. The van der Waals surface area contributed by atoms with Crippen molar-refractivity contribution in [2.75, 3.05) is 13.7 Å². The van der Waals surface area contributed by atoms with E-state index in [2.05, 4.69) is 21.2 Å². The van der Waals surface area contributed by atoms with Gasteiger partial charge in [-0.05, 0) is 42.0 Å². The van der Waals surface area contributed by atoms with E-state index < -0.39 is 0 Å². The van der Waals surface area contributed by atoms with Crippen molar-refractivity contribution in [2.24, 2.45) is 0 Å². The molecular weight excluding hydrogens is 358 g/mol. The molecule has 23 heavy (non-hydrogen) atoms. The van der Waals surface area contributed by atoms with E-state index in [1.165, 1.54) is 0 Å². The average molecular weight is 374 g/mol. The lowest BCUT2D eigenvalue weighted by atomic mass is 10.1. The molecule has 2 aromatic rings. The second kappa shape index (κ2) is 6.87. The maximum absolute atomic E-state index is 12.3. The molecular formula is C18H16BrNO3. The fraction of sp³-hybridized carbons (Fsp3) is 0.167. The van der Waals surface area contributed by atoms with Gasteiger partial charge in [0.05, 0.1) is 12.7 Å². The van der Waals surface area contributed by atoms with Gasteiger partial charge in [0.15, 0.2) is 0 Å². The summed E-state index contributed by atoms with van der Waals surface area (Å²) in [6.07, 6.45) is 1.87. The zero-order valence-electron chi connectivity index (χ0n) is 12.6.